The van der Waals surface area contributed by atoms with Gasteiger partial charge in [0, 0.05) is 19.3 Å². The largest absolute Gasteiger partial charge is 0.479 e. The van der Waals surface area contributed by atoms with Gasteiger partial charge in [0.15, 0.2) is 24.6 Å². The fourth-order valence-electron chi connectivity index (χ4n) is 8.63. The van der Waals surface area contributed by atoms with Crippen LogP contribution in [0, 0.1) is 0 Å². The molecule has 0 spiro atoms. The molecule has 0 bridgehead atoms. The summed E-state index contributed by atoms with van der Waals surface area (Å²) in [5.74, 6) is -3.15. The predicted molar refractivity (Wildman–Crippen MR) is 303 cm³/mol. The number of esters is 3. The van der Waals surface area contributed by atoms with Crippen molar-refractivity contribution in [2.45, 2.75) is 289 Å². The highest BCUT2D eigenvalue weighted by Crippen LogP contribution is 2.26. The van der Waals surface area contributed by atoms with E-state index in [2.05, 4.69) is 93.7 Å². The van der Waals surface area contributed by atoms with Crippen LogP contribution in [0.25, 0.3) is 0 Å². The van der Waals surface area contributed by atoms with Gasteiger partial charge in [0.25, 0.3) is 0 Å². The van der Waals surface area contributed by atoms with Gasteiger partial charge in [-0.15, -0.1) is 0 Å². The van der Waals surface area contributed by atoms with Gasteiger partial charge < -0.3 is 39.0 Å². The Labute approximate surface area is 455 Å². The Balaban J connectivity index is 2.69. The zero-order chi connectivity index (χ0) is 54.7. The summed E-state index contributed by atoms with van der Waals surface area (Å²) in [7, 11) is 0. The Hall–Kier alpha value is -3.84. The summed E-state index contributed by atoms with van der Waals surface area (Å²) >= 11 is 0. The van der Waals surface area contributed by atoms with Crippen molar-refractivity contribution in [3.8, 4) is 0 Å². The van der Waals surface area contributed by atoms with Crippen LogP contribution in [0.5, 0.6) is 0 Å². The molecule has 430 valence electrons. The number of carboxylic acid groups (broad SMARTS) is 1. The van der Waals surface area contributed by atoms with Gasteiger partial charge in [-0.25, -0.2) is 4.79 Å². The Bertz CT molecular complexity index is 1580. The number of carbonyl (C=O) groups is 4. The summed E-state index contributed by atoms with van der Waals surface area (Å²) in [6.45, 7) is 5.80. The van der Waals surface area contributed by atoms with Gasteiger partial charge >= 0.3 is 23.9 Å². The molecule has 6 atom stereocenters. The molecule has 1 heterocycles. The number of aliphatic hydroxyl groups is 2. The van der Waals surface area contributed by atoms with Crippen molar-refractivity contribution in [3.05, 3.63) is 72.9 Å². The third-order valence-corrected chi connectivity index (χ3v) is 13.2. The van der Waals surface area contributed by atoms with Crippen molar-refractivity contribution >= 4 is 23.9 Å². The van der Waals surface area contributed by atoms with Crippen LogP contribution in [0.1, 0.15) is 252 Å². The second-order valence-electron chi connectivity index (χ2n) is 20.2. The maximum Gasteiger partial charge on any atom is 0.335 e. The highest BCUT2D eigenvalue weighted by atomic mass is 16.7. The summed E-state index contributed by atoms with van der Waals surface area (Å²) in [5.41, 5.74) is 0. The molecule has 1 saturated heterocycles. The smallest absolute Gasteiger partial charge is 0.335 e. The molecule has 1 aliphatic heterocycles. The lowest BCUT2D eigenvalue weighted by atomic mass is 9.98. The maximum atomic E-state index is 13.2. The zero-order valence-electron chi connectivity index (χ0n) is 47.3. The first-order valence-electron chi connectivity index (χ1n) is 29.9. The molecule has 6 unspecified atom stereocenters. The molecule has 12 heteroatoms. The molecule has 1 fully saturated rings. The van der Waals surface area contributed by atoms with Crippen LogP contribution >= 0.6 is 0 Å². The van der Waals surface area contributed by atoms with E-state index in [0.717, 1.165) is 141 Å². The number of rotatable bonds is 50. The number of carboxylic acids is 1. The molecule has 0 saturated carbocycles. The summed E-state index contributed by atoms with van der Waals surface area (Å²) in [6.07, 6.45) is 51.6. The Morgan fingerprint density at radius 1 is 0.453 bits per heavy atom. The Morgan fingerprint density at radius 2 is 0.853 bits per heavy atom. The molecule has 0 aliphatic carbocycles. The van der Waals surface area contributed by atoms with E-state index in [0.29, 0.717) is 19.3 Å². The first-order chi connectivity index (χ1) is 36.6. The van der Waals surface area contributed by atoms with Gasteiger partial charge in [0.2, 0.25) is 0 Å². The Kier molecular flexibility index (Phi) is 47.0. The molecule has 75 heavy (non-hydrogen) atoms. The van der Waals surface area contributed by atoms with E-state index in [1.165, 1.54) is 51.4 Å². The lowest BCUT2D eigenvalue weighted by Gasteiger charge is -2.40. The second-order valence-corrected chi connectivity index (χ2v) is 20.2. The van der Waals surface area contributed by atoms with Crippen LogP contribution in [0.3, 0.4) is 0 Å². The number of hydrogen-bond acceptors (Lipinski definition) is 11. The lowest BCUT2D eigenvalue weighted by Crippen LogP contribution is -2.61. The van der Waals surface area contributed by atoms with Gasteiger partial charge in [0.05, 0.1) is 6.61 Å². The van der Waals surface area contributed by atoms with Crippen molar-refractivity contribution in [2.75, 3.05) is 13.2 Å². The minimum absolute atomic E-state index is 0.0465. The quantitative estimate of drug-likeness (QED) is 0.0228. The van der Waals surface area contributed by atoms with E-state index in [-0.39, 0.29) is 25.9 Å². The first kappa shape index (κ1) is 69.2. The Morgan fingerprint density at radius 3 is 1.33 bits per heavy atom. The number of hydrogen-bond donors (Lipinski definition) is 3. The molecule has 3 N–H and O–H groups in total. The molecule has 12 nitrogen and oxygen atoms in total. The number of aliphatic hydroxyl groups excluding tert-OH is 2. The SMILES string of the molecule is CC/C=C\C/C=C\C/C=C\CCCCCCCCCC(=O)OCC(COC1OC(C(=O)O)C(O)C(O)C1OC(=O)CCCCCCC/C=C\CCCC)OC(=O)CCCCCCCCC/C=C\C/C=C\CCCCC. The van der Waals surface area contributed by atoms with Crippen LogP contribution < -0.4 is 0 Å². The summed E-state index contributed by atoms with van der Waals surface area (Å²) in [6, 6.07) is 0. The molecule has 1 aliphatic rings. The van der Waals surface area contributed by atoms with E-state index in [4.69, 9.17) is 23.7 Å². The molecule has 0 radical (unpaired) electrons. The molecular formula is C63H106O12. The number of aliphatic carboxylic acids is 1. The van der Waals surface area contributed by atoms with Crippen LogP contribution in [-0.2, 0) is 42.9 Å². The third kappa shape index (κ3) is 41.0. The zero-order valence-corrected chi connectivity index (χ0v) is 47.3. The van der Waals surface area contributed by atoms with E-state index < -0.39 is 67.3 Å². The van der Waals surface area contributed by atoms with E-state index in [1.54, 1.807) is 0 Å². The van der Waals surface area contributed by atoms with Crippen LogP contribution in [0.15, 0.2) is 72.9 Å². The lowest BCUT2D eigenvalue weighted by molar-refractivity contribution is -0.301. The molecule has 0 aromatic heterocycles. The molecule has 0 amide bonds. The average molecular weight is 1060 g/mol. The van der Waals surface area contributed by atoms with Crippen LogP contribution in [0.2, 0.25) is 0 Å². The van der Waals surface area contributed by atoms with E-state index in [1.807, 2.05) is 0 Å². The minimum atomic E-state index is -1.91. The van der Waals surface area contributed by atoms with E-state index >= 15 is 0 Å². The summed E-state index contributed by atoms with van der Waals surface area (Å²) < 4.78 is 28.4. The maximum absolute atomic E-state index is 13.2. The summed E-state index contributed by atoms with van der Waals surface area (Å²) in [5, 5.41) is 31.4. The third-order valence-electron chi connectivity index (χ3n) is 13.2. The topological polar surface area (TPSA) is 175 Å². The van der Waals surface area contributed by atoms with Gasteiger partial charge in [-0.05, 0) is 103 Å². The highest BCUT2D eigenvalue weighted by Gasteiger charge is 2.50. The summed E-state index contributed by atoms with van der Waals surface area (Å²) in [4.78, 5) is 51.1. The van der Waals surface area contributed by atoms with Gasteiger partial charge in [0.1, 0.15) is 18.8 Å². The fourth-order valence-corrected chi connectivity index (χ4v) is 8.63. The van der Waals surface area contributed by atoms with Crippen molar-refractivity contribution in [2.24, 2.45) is 0 Å². The van der Waals surface area contributed by atoms with Gasteiger partial charge in [-0.3, -0.25) is 14.4 Å². The van der Waals surface area contributed by atoms with Crippen molar-refractivity contribution in [1.29, 1.82) is 0 Å². The van der Waals surface area contributed by atoms with Crippen LogP contribution in [-0.4, -0.2) is 89.2 Å². The van der Waals surface area contributed by atoms with Gasteiger partial charge in [-0.1, -0.05) is 203 Å². The molecular weight excluding hydrogens is 949 g/mol. The average Bonchev–Trinajstić information content (AvgIpc) is 3.39. The van der Waals surface area contributed by atoms with Crippen molar-refractivity contribution in [3.63, 3.8) is 0 Å². The number of ether oxygens (including phenoxy) is 5. The second kappa shape index (κ2) is 50.9. The normalized spacial score (nSPS) is 18.7. The number of allylic oxidation sites excluding steroid dienone is 12. The van der Waals surface area contributed by atoms with Crippen molar-refractivity contribution in [1.82, 2.24) is 0 Å². The predicted octanol–water partition coefficient (Wildman–Crippen LogP) is 15.3. The molecule has 0 aromatic carbocycles. The minimum Gasteiger partial charge on any atom is -0.479 e. The number of unbranched alkanes of at least 4 members (excludes halogenated alkanes) is 24. The van der Waals surface area contributed by atoms with Crippen molar-refractivity contribution < 1.29 is 58.2 Å². The van der Waals surface area contributed by atoms with Crippen LogP contribution in [0.4, 0.5) is 0 Å². The first-order valence-corrected chi connectivity index (χ1v) is 29.9. The number of carbonyl (C=O) groups excluding carboxylic acids is 3. The highest BCUT2D eigenvalue weighted by molar-refractivity contribution is 5.74. The molecule has 0 aromatic rings. The van der Waals surface area contributed by atoms with Gasteiger partial charge in [-0.2, -0.15) is 0 Å². The fraction of sp³-hybridized carbons (Fsp3) is 0.746. The monoisotopic (exact) mass is 1050 g/mol. The molecule has 1 rings (SSSR count). The van der Waals surface area contributed by atoms with E-state index in [9.17, 15) is 34.5 Å². The standard InChI is InChI=1S/C63H106O12/c1-4-7-10-13-16-19-22-24-26-28-30-32-35-37-40-43-46-49-55(64)71-52-54(73-56(65)50-47-44-41-39-36-33-31-29-27-25-23-20-17-14-11-8-5-2)53-72-63-61(59(68)58(67)60(75-63)62(69)70)74-57(66)51-48-45-42-38-34-21-18-15-12-9-6-3/h7,10,15-20,24-27,54,58-61,63,67-68H,4-6,8-9,11-14,21-23,28-53H2,1-3H3,(H,69,70)/b10-7-,18-15-,19-16-,20-17-,26-24-,27-25-.